The van der Waals surface area contributed by atoms with E-state index >= 15 is 0 Å². The van der Waals surface area contributed by atoms with Crippen LogP contribution in [0.5, 0.6) is 0 Å². The molecule has 0 fully saturated rings. The number of aliphatic hydroxyl groups is 2. The van der Waals surface area contributed by atoms with E-state index in [4.69, 9.17) is 14.6 Å². The number of furan rings is 1. The molecule has 0 aliphatic heterocycles. The van der Waals surface area contributed by atoms with Gasteiger partial charge in [-0.3, -0.25) is 4.79 Å². The van der Waals surface area contributed by atoms with E-state index in [1.165, 1.54) is 18.4 Å². The molecule has 1 amide bonds. The highest BCUT2D eigenvalue weighted by molar-refractivity contribution is 5.91. The Morgan fingerprint density at radius 3 is 2.62 bits per heavy atom. The van der Waals surface area contributed by atoms with E-state index in [1.54, 1.807) is 0 Å². The normalized spacial score (nSPS) is 11.1. The summed E-state index contributed by atoms with van der Waals surface area (Å²) in [6.07, 6.45) is 1.31. The molecule has 1 aromatic heterocycles. The van der Waals surface area contributed by atoms with Gasteiger partial charge in [0.2, 0.25) is 0 Å². The van der Waals surface area contributed by atoms with Crippen LogP contribution in [0.1, 0.15) is 10.6 Å². The fourth-order valence-corrected chi connectivity index (χ4v) is 1.10. The number of aliphatic hydroxyl groups excluding tert-OH is 2. The summed E-state index contributed by atoms with van der Waals surface area (Å²) in [5, 5.41) is 23.0. The Kier molecular flexibility index (Phi) is 4.15. The van der Waals surface area contributed by atoms with E-state index in [2.05, 4.69) is 10.5 Å². The smallest absolute Gasteiger partial charge is 0.287 e. The Bertz CT molecular complexity index is 345. The van der Waals surface area contributed by atoms with Gasteiger partial charge in [-0.05, 0) is 12.1 Å². The molecule has 0 atom stereocenters. The van der Waals surface area contributed by atoms with Crippen LogP contribution in [0.4, 0.5) is 0 Å². The first kappa shape index (κ1) is 12.3. The molecule has 1 rings (SSSR count). The molecule has 0 unspecified atom stereocenters. The van der Waals surface area contributed by atoms with Gasteiger partial charge in [-0.1, -0.05) is 5.18 Å². The lowest BCUT2D eigenvalue weighted by Gasteiger charge is -2.27. The van der Waals surface area contributed by atoms with Crippen LogP contribution in [0.15, 0.2) is 28.0 Å². The van der Waals surface area contributed by atoms with Crippen LogP contribution in [0, 0.1) is 4.91 Å². The van der Waals surface area contributed by atoms with Gasteiger partial charge in [-0.2, -0.15) is 4.91 Å². The van der Waals surface area contributed by atoms with Crippen LogP contribution in [-0.4, -0.2) is 41.4 Å². The third kappa shape index (κ3) is 2.65. The van der Waals surface area contributed by atoms with Crippen molar-refractivity contribution in [3.63, 3.8) is 0 Å². The van der Waals surface area contributed by atoms with Gasteiger partial charge in [0, 0.05) is 0 Å². The first-order valence-electron chi connectivity index (χ1n) is 4.54. The molecule has 0 aliphatic rings. The van der Waals surface area contributed by atoms with Crippen molar-refractivity contribution in [1.82, 2.24) is 5.32 Å². The molecule has 0 radical (unpaired) electrons. The minimum atomic E-state index is -1.45. The van der Waals surface area contributed by atoms with Crippen LogP contribution in [0.2, 0.25) is 0 Å². The van der Waals surface area contributed by atoms with Gasteiger partial charge >= 0.3 is 0 Å². The maximum absolute atomic E-state index is 11.5. The van der Waals surface area contributed by atoms with Crippen LogP contribution in [0.3, 0.4) is 0 Å². The number of amides is 1. The summed E-state index contributed by atoms with van der Waals surface area (Å²) >= 11 is 0. The minimum Gasteiger partial charge on any atom is -0.459 e. The maximum atomic E-state index is 11.5. The Labute approximate surface area is 91.0 Å². The van der Waals surface area contributed by atoms with E-state index in [1.807, 2.05) is 0 Å². The minimum absolute atomic E-state index is 0.0252. The Morgan fingerprint density at radius 2 is 2.19 bits per heavy atom. The zero-order valence-electron chi connectivity index (χ0n) is 8.42. The average molecular weight is 228 g/mol. The van der Waals surface area contributed by atoms with Crippen molar-refractivity contribution in [2.24, 2.45) is 5.18 Å². The molecular formula is C9H12N2O5. The lowest BCUT2D eigenvalue weighted by atomic mass is 10.0. The number of nitrogens with zero attached hydrogens (tertiary/aromatic N) is 1. The van der Waals surface area contributed by atoms with Crippen molar-refractivity contribution in [3.8, 4) is 0 Å². The summed E-state index contributed by atoms with van der Waals surface area (Å²) in [5.74, 6) is -0.603. The molecule has 16 heavy (non-hydrogen) atoms. The van der Waals surface area contributed by atoms with E-state index in [0.29, 0.717) is 0 Å². The van der Waals surface area contributed by atoms with Crippen molar-refractivity contribution >= 4 is 5.91 Å². The highest BCUT2D eigenvalue weighted by Gasteiger charge is 2.32. The van der Waals surface area contributed by atoms with Crippen molar-refractivity contribution < 1.29 is 19.4 Å². The van der Waals surface area contributed by atoms with Gasteiger partial charge in [-0.15, -0.1) is 0 Å². The second-order valence-corrected chi connectivity index (χ2v) is 3.32. The molecular weight excluding hydrogens is 216 g/mol. The summed E-state index contributed by atoms with van der Waals surface area (Å²) in [6, 6.07) is 2.94. The Balaban J connectivity index is 2.75. The molecule has 0 aliphatic carbocycles. The molecule has 0 aromatic carbocycles. The number of hydrogen-bond donors (Lipinski definition) is 3. The van der Waals surface area contributed by atoms with Crippen LogP contribution in [-0.2, 0) is 0 Å². The average Bonchev–Trinajstić information content (AvgIpc) is 2.82. The van der Waals surface area contributed by atoms with Crippen molar-refractivity contribution in [3.05, 3.63) is 29.1 Å². The third-order valence-electron chi connectivity index (χ3n) is 2.10. The number of carbonyl (C=O) groups is 1. The lowest BCUT2D eigenvalue weighted by molar-refractivity contribution is 0.0672. The summed E-state index contributed by atoms with van der Waals surface area (Å²) in [6.45, 7) is -1.62. The molecule has 88 valence electrons. The first-order valence-corrected chi connectivity index (χ1v) is 4.54. The molecule has 0 saturated heterocycles. The van der Waals surface area contributed by atoms with Gasteiger partial charge in [-0.25, -0.2) is 0 Å². The van der Waals surface area contributed by atoms with Crippen molar-refractivity contribution in [1.29, 1.82) is 0 Å². The predicted octanol–water partition coefficient (Wildman–Crippen LogP) is -0.501. The zero-order valence-corrected chi connectivity index (χ0v) is 8.42. The molecule has 0 saturated carbocycles. The second kappa shape index (κ2) is 5.38. The Morgan fingerprint density at radius 1 is 1.50 bits per heavy atom. The fourth-order valence-electron chi connectivity index (χ4n) is 1.10. The van der Waals surface area contributed by atoms with E-state index < -0.39 is 31.2 Å². The fraction of sp³-hybridized carbons (Fsp3) is 0.444. The van der Waals surface area contributed by atoms with E-state index in [-0.39, 0.29) is 5.76 Å². The lowest BCUT2D eigenvalue weighted by Crippen LogP contribution is -2.56. The highest BCUT2D eigenvalue weighted by atomic mass is 16.3. The molecule has 3 N–H and O–H groups in total. The quantitative estimate of drug-likeness (QED) is 0.568. The number of carbonyl (C=O) groups excluding carboxylic acids is 1. The van der Waals surface area contributed by atoms with Gasteiger partial charge in [0.15, 0.2) is 5.76 Å². The number of nitrogens with one attached hydrogen (secondary N) is 1. The maximum Gasteiger partial charge on any atom is 0.287 e. The first-order chi connectivity index (χ1) is 7.67. The number of hydrogen-bond acceptors (Lipinski definition) is 6. The highest BCUT2D eigenvalue weighted by Crippen LogP contribution is 2.07. The van der Waals surface area contributed by atoms with Crippen LogP contribution in [0.25, 0.3) is 0 Å². The summed E-state index contributed by atoms with van der Waals surface area (Å²) in [7, 11) is 0. The summed E-state index contributed by atoms with van der Waals surface area (Å²) in [5.41, 5.74) is -1.45. The van der Waals surface area contributed by atoms with Gasteiger partial charge in [0.25, 0.3) is 5.91 Å². The molecule has 1 aromatic rings. The zero-order chi connectivity index (χ0) is 12.0. The summed E-state index contributed by atoms with van der Waals surface area (Å²) < 4.78 is 4.82. The number of nitroso groups, excluding NO2 is 1. The van der Waals surface area contributed by atoms with E-state index in [0.717, 1.165) is 0 Å². The third-order valence-corrected chi connectivity index (χ3v) is 2.10. The monoisotopic (exact) mass is 228 g/mol. The molecule has 0 spiro atoms. The summed E-state index contributed by atoms with van der Waals surface area (Å²) in [4.78, 5) is 21.7. The van der Waals surface area contributed by atoms with Crippen LogP contribution >= 0.6 is 0 Å². The Hall–Kier alpha value is -1.73. The van der Waals surface area contributed by atoms with E-state index in [9.17, 15) is 9.70 Å². The number of rotatable bonds is 6. The molecule has 7 heteroatoms. The largest absolute Gasteiger partial charge is 0.459 e. The molecule has 0 bridgehead atoms. The van der Waals surface area contributed by atoms with Crippen LogP contribution < -0.4 is 5.32 Å². The predicted molar refractivity (Wildman–Crippen MR) is 53.7 cm³/mol. The SMILES string of the molecule is O=NCC(CO)(CO)NC(=O)c1ccco1. The topological polar surface area (TPSA) is 112 Å². The molecule has 1 heterocycles. The van der Waals surface area contributed by atoms with Crippen molar-refractivity contribution in [2.75, 3.05) is 19.8 Å². The van der Waals surface area contributed by atoms with Gasteiger partial charge in [0.1, 0.15) is 12.1 Å². The van der Waals surface area contributed by atoms with Crippen molar-refractivity contribution in [2.45, 2.75) is 5.54 Å². The van der Waals surface area contributed by atoms with Gasteiger partial charge in [0.05, 0.1) is 19.5 Å². The van der Waals surface area contributed by atoms with Gasteiger partial charge < -0.3 is 19.9 Å². The standard InChI is InChI=1S/C9H12N2O5/c12-5-9(6-13,4-10-15)11-8(14)7-2-1-3-16-7/h1-3,12-13H,4-6H2,(H,11,14). The molecule has 7 nitrogen and oxygen atoms in total. The second-order valence-electron chi connectivity index (χ2n) is 3.32.